The van der Waals surface area contributed by atoms with Crippen molar-refractivity contribution in [1.29, 1.82) is 0 Å². The van der Waals surface area contributed by atoms with Crippen LogP contribution < -0.4 is 18.9 Å². The fraction of sp³-hybridized carbons (Fsp3) is 0.308. The van der Waals surface area contributed by atoms with Crippen LogP contribution in [0, 0.1) is 0 Å². The zero-order chi connectivity index (χ0) is 14.4. The Bertz CT molecular complexity index is 552. The molecule has 21 heavy (non-hydrogen) atoms. The van der Waals surface area contributed by atoms with Crippen molar-refractivity contribution in [1.82, 2.24) is 0 Å². The Hall–Kier alpha value is 1.12. The third-order valence-electron chi connectivity index (χ3n) is 2.27. The van der Waals surface area contributed by atoms with Crippen LogP contribution in [0.15, 0.2) is 31.8 Å². The van der Waals surface area contributed by atoms with Gasteiger partial charge in [0, 0.05) is 12.0 Å². The number of ether oxygens (including phenoxy) is 1. The number of carbonyl (C=O) groups excluding carboxylic acids is 1. The van der Waals surface area contributed by atoms with Crippen LogP contribution in [0.3, 0.4) is 0 Å². The molecule has 0 aliphatic rings. The number of methoxy groups -OCH3 is 1. The Labute approximate surface area is 174 Å². The largest absolute Gasteiger partial charge is 1.00 e. The van der Waals surface area contributed by atoms with Crippen molar-refractivity contribution < 1.29 is 29.8 Å². The van der Waals surface area contributed by atoms with Gasteiger partial charge in [-0.3, -0.25) is 4.79 Å². The molecular weight excluding hydrogens is 446 g/mol. The molecule has 1 atom stereocenters. The number of Topliss-reactive ketones (excluding diaryl/α,β-unsaturated/α-hetero) is 1. The van der Waals surface area contributed by atoms with E-state index in [1.54, 1.807) is 25.4 Å². The number of carbonyl (C=O) groups is 1. The third-order valence-corrected chi connectivity index (χ3v) is 5.78. The molecule has 0 amide bonds. The molecule has 2 rings (SSSR count). The molecule has 0 fully saturated rings. The van der Waals surface area contributed by atoms with E-state index in [0.717, 1.165) is 12.4 Å². The number of ketones is 1. The van der Waals surface area contributed by atoms with E-state index >= 15 is 0 Å². The van der Waals surface area contributed by atoms with Crippen molar-refractivity contribution in [3.8, 4) is 0 Å². The van der Waals surface area contributed by atoms with Gasteiger partial charge in [-0.2, -0.15) is 0 Å². The van der Waals surface area contributed by atoms with E-state index in [0.29, 0.717) is 0 Å². The maximum Gasteiger partial charge on any atom is 1.00 e. The Kier molecular flexibility index (Phi) is 14.5. The Morgan fingerprint density at radius 1 is 1.19 bits per heavy atom. The van der Waals surface area contributed by atoms with Crippen molar-refractivity contribution >= 4 is 77.7 Å². The molecule has 0 aliphatic heterocycles. The molecule has 0 bridgehead atoms. The first kappa shape index (κ1) is 24.4. The number of hydrogen-bond acceptors (Lipinski definition) is 4. The quantitative estimate of drug-likeness (QED) is 0.513. The van der Waals surface area contributed by atoms with Gasteiger partial charge in [-0.25, -0.2) is 0 Å². The van der Waals surface area contributed by atoms with Gasteiger partial charge < -0.3 is 6.16 Å². The van der Waals surface area contributed by atoms with Gasteiger partial charge in [0.15, 0.2) is 23.1 Å². The van der Waals surface area contributed by atoms with Crippen molar-refractivity contribution in [2.45, 2.75) is 20.0 Å². The van der Waals surface area contributed by atoms with Gasteiger partial charge in [0.25, 0.3) is 0 Å². The third kappa shape index (κ3) is 9.11. The number of halogens is 2. The number of thiophene rings is 2. The first-order valence-corrected chi connectivity index (χ1v) is 8.70. The zero-order valence-corrected chi connectivity index (χ0v) is 16.6. The standard InChI is InChI=1S/C7H9BrOS.C6H5BrOS.Al.Li.4H/c1-5(9-2)6-3-4-7(8)10-6;1-4(8)5-2-3-6(7)9-5;;;;;;/h3-5H,1-2H3;2-3H,1H3;;;;;;/q;;;+1;;;;-1. The maximum absolute atomic E-state index is 10.6. The molecule has 0 radical (unpaired) electrons. The van der Waals surface area contributed by atoms with E-state index in [-0.39, 0.29) is 49.5 Å². The summed E-state index contributed by atoms with van der Waals surface area (Å²) in [4.78, 5) is 12.7. The van der Waals surface area contributed by atoms with E-state index in [4.69, 9.17) is 4.74 Å². The molecule has 0 aliphatic carbocycles. The summed E-state index contributed by atoms with van der Waals surface area (Å²) in [6.45, 7) is 3.61. The molecule has 8 heteroatoms. The molecule has 0 spiro atoms. The summed E-state index contributed by atoms with van der Waals surface area (Å²) < 4.78 is 7.30. The molecule has 0 N–H and O–H groups in total. The summed E-state index contributed by atoms with van der Waals surface area (Å²) in [6, 6.07) is 7.80. The van der Waals surface area contributed by atoms with Crippen LogP contribution in [0.4, 0.5) is 0 Å². The first-order chi connectivity index (χ1) is 8.93. The summed E-state index contributed by atoms with van der Waals surface area (Å²) in [5.74, 6) is 0.130. The van der Waals surface area contributed by atoms with Crippen molar-refractivity contribution in [2.24, 2.45) is 0 Å². The average molecular weight is 464 g/mol. The van der Waals surface area contributed by atoms with Gasteiger partial charge in [-0.15, -0.1) is 22.7 Å². The molecule has 2 nitrogen and oxygen atoms in total. The van der Waals surface area contributed by atoms with Crippen molar-refractivity contribution in [2.75, 3.05) is 7.11 Å². The summed E-state index contributed by atoms with van der Waals surface area (Å²) >= 11 is 9.83. The van der Waals surface area contributed by atoms with Gasteiger partial charge in [0.1, 0.15) is 0 Å². The van der Waals surface area contributed by atoms with Gasteiger partial charge in [-0.1, -0.05) is 0 Å². The van der Waals surface area contributed by atoms with Gasteiger partial charge in [-0.05, 0) is 70.0 Å². The second-order valence-electron chi connectivity index (χ2n) is 3.68. The maximum atomic E-state index is 10.6. The Morgan fingerprint density at radius 3 is 2.00 bits per heavy atom. The predicted octanol–water partition coefficient (Wildman–Crippen LogP) is 1.86. The summed E-state index contributed by atoms with van der Waals surface area (Å²) in [5.41, 5.74) is 0. The average Bonchev–Trinajstić information content (AvgIpc) is 2.98. The van der Waals surface area contributed by atoms with Crippen LogP contribution in [0.5, 0.6) is 0 Å². The zero-order valence-electron chi connectivity index (χ0n) is 12.8. The molecule has 0 saturated carbocycles. The Morgan fingerprint density at radius 2 is 1.71 bits per heavy atom. The van der Waals surface area contributed by atoms with Crippen LogP contribution in [-0.4, -0.2) is 30.3 Å². The predicted molar refractivity (Wildman–Crippen MR) is 101 cm³/mol. The molecule has 0 saturated heterocycles. The molecule has 2 aromatic heterocycles. The summed E-state index contributed by atoms with van der Waals surface area (Å²) in [6.07, 6.45) is 0.219. The monoisotopic (exact) mass is 462 g/mol. The molecule has 0 aromatic carbocycles. The van der Waals surface area contributed by atoms with E-state index < -0.39 is 0 Å². The summed E-state index contributed by atoms with van der Waals surface area (Å²) in [5, 5.41) is 0. The van der Waals surface area contributed by atoms with Crippen molar-refractivity contribution in [3.05, 3.63) is 41.6 Å². The minimum Gasteiger partial charge on any atom is -1.00 e. The fourth-order valence-corrected chi connectivity index (χ4v) is 3.90. The smallest absolute Gasteiger partial charge is 1.00 e. The van der Waals surface area contributed by atoms with Crippen LogP contribution >= 0.6 is 54.5 Å². The molecule has 2 aromatic rings. The van der Waals surface area contributed by atoms with Gasteiger partial charge >= 0.3 is 18.9 Å². The van der Waals surface area contributed by atoms with Crippen LogP contribution in [0.2, 0.25) is 0 Å². The van der Waals surface area contributed by atoms with Gasteiger partial charge in [0.05, 0.1) is 18.6 Å². The second kappa shape index (κ2) is 12.5. The Balaban J connectivity index is -0.000000290. The van der Waals surface area contributed by atoms with E-state index in [2.05, 4.69) is 37.9 Å². The second-order valence-corrected chi connectivity index (χ2v) is 8.64. The molecule has 2 heterocycles. The SMILES string of the molecule is CC(=O)c1ccc(Br)s1.COC(C)c1ccc(Br)s1.[AlH3].[H-].[Li+]. The molecule has 1 unspecified atom stereocenters. The van der Waals surface area contributed by atoms with E-state index in [9.17, 15) is 4.79 Å². The molecular formula is C13H18AlBr2LiO2S2. The van der Waals surface area contributed by atoms with E-state index in [1.807, 2.05) is 25.1 Å². The van der Waals surface area contributed by atoms with Crippen LogP contribution in [0.25, 0.3) is 0 Å². The number of rotatable bonds is 3. The minimum absolute atomic E-state index is 0. The van der Waals surface area contributed by atoms with Crippen LogP contribution in [0.1, 0.15) is 35.9 Å². The van der Waals surface area contributed by atoms with Crippen molar-refractivity contribution in [3.63, 3.8) is 0 Å². The minimum atomic E-state index is 0. The molecule has 112 valence electrons. The number of hydrogen-bond donors (Lipinski definition) is 0. The van der Waals surface area contributed by atoms with Crippen LogP contribution in [-0.2, 0) is 4.74 Å². The van der Waals surface area contributed by atoms with E-state index in [1.165, 1.54) is 16.2 Å². The summed E-state index contributed by atoms with van der Waals surface area (Å²) in [7, 11) is 1.72. The first-order valence-electron chi connectivity index (χ1n) is 5.48. The fourth-order valence-electron chi connectivity index (χ4n) is 1.17. The topological polar surface area (TPSA) is 26.3 Å². The normalized spacial score (nSPS) is 10.5. The van der Waals surface area contributed by atoms with Gasteiger partial charge in [0.2, 0.25) is 0 Å².